The van der Waals surface area contributed by atoms with Gasteiger partial charge in [-0.3, -0.25) is 5.01 Å². The number of hydrogen-bond acceptors (Lipinski definition) is 4. The van der Waals surface area contributed by atoms with Gasteiger partial charge in [0.25, 0.3) is 0 Å². The first kappa shape index (κ1) is 19.3. The first-order valence-electron chi connectivity index (χ1n) is 9.82. The Hall–Kier alpha value is -2.98. The van der Waals surface area contributed by atoms with Crippen LogP contribution in [0.15, 0.2) is 84.0 Å². The molecule has 5 heteroatoms. The van der Waals surface area contributed by atoms with E-state index in [4.69, 9.17) is 16.3 Å². The zero-order valence-electron chi connectivity index (χ0n) is 16.2. The van der Waals surface area contributed by atoms with Gasteiger partial charge in [0.2, 0.25) is 0 Å². The van der Waals surface area contributed by atoms with Gasteiger partial charge < -0.3 is 9.64 Å². The van der Waals surface area contributed by atoms with E-state index in [9.17, 15) is 0 Å². The number of nitrogens with zero attached hydrogens (tertiary/aromatic N) is 3. The largest absolute Gasteiger partial charge is 0.489 e. The molecular weight excluding hydrogens is 382 g/mol. The molecule has 0 spiro atoms. The highest BCUT2D eigenvalue weighted by molar-refractivity contribution is 6.30. The van der Waals surface area contributed by atoms with Gasteiger partial charge in [-0.05, 0) is 47.5 Å². The average Bonchev–Trinajstić information content (AvgIpc) is 2.78. The molecule has 0 bridgehead atoms. The van der Waals surface area contributed by atoms with Gasteiger partial charge in [-0.2, -0.15) is 5.10 Å². The van der Waals surface area contributed by atoms with E-state index in [0.29, 0.717) is 6.61 Å². The lowest BCUT2D eigenvalue weighted by molar-refractivity contribution is 0.272. The van der Waals surface area contributed by atoms with Crippen LogP contribution in [-0.4, -0.2) is 37.4 Å². The average molecular weight is 406 g/mol. The molecule has 0 saturated carbocycles. The van der Waals surface area contributed by atoms with Crippen molar-refractivity contribution in [3.63, 3.8) is 0 Å². The Balaban J connectivity index is 1.30. The SMILES string of the molecule is Clc1ccc(N2CCN(/N=C\c3cccc(OCc4ccccc4)c3)CC2)cc1. The fraction of sp³-hybridized carbons (Fsp3) is 0.208. The minimum absolute atomic E-state index is 0.564. The van der Waals surface area contributed by atoms with Crippen molar-refractivity contribution >= 4 is 23.5 Å². The van der Waals surface area contributed by atoms with Gasteiger partial charge >= 0.3 is 0 Å². The molecule has 1 aliphatic heterocycles. The lowest BCUT2D eigenvalue weighted by Crippen LogP contribution is -2.44. The van der Waals surface area contributed by atoms with E-state index in [1.807, 2.05) is 60.8 Å². The summed E-state index contributed by atoms with van der Waals surface area (Å²) in [5.41, 5.74) is 3.40. The normalized spacial score (nSPS) is 14.4. The van der Waals surface area contributed by atoms with Crippen molar-refractivity contribution in [2.45, 2.75) is 6.61 Å². The molecule has 4 rings (SSSR count). The van der Waals surface area contributed by atoms with E-state index < -0.39 is 0 Å². The van der Waals surface area contributed by atoms with Gasteiger partial charge in [0.15, 0.2) is 0 Å². The second kappa shape index (κ2) is 9.48. The minimum atomic E-state index is 0.564. The molecule has 1 saturated heterocycles. The van der Waals surface area contributed by atoms with E-state index in [2.05, 4.69) is 39.3 Å². The van der Waals surface area contributed by atoms with E-state index in [-0.39, 0.29) is 0 Å². The summed E-state index contributed by atoms with van der Waals surface area (Å²) < 4.78 is 5.90. The van der Waals surface area contributed by atoms with Gasteiger partial charge in [0.1, 0.15) is 12.4 Å². The summed E-state index contributed by atoms with van der Waals surface area (Å²) >= 11 is 5.98. The predicted molar refractivity (Wildman–Crippen MR) is 120 cm³/mol. The van der Waals surface area contributed by atoms with Gasteiger partial charge in [-0.15, -0.1) is 0 Å². The van der Waals surface area contributed by atoms with Gasteiger partial charge in [0.05, 0.1) is 19.3 Å². The van der Waals surface area contributed by atoms with Crippen LogP contribution < -0.4 is 9.64 Å². The molecule has 0 aliphatic carbocycles. The summed E-state index contributed by atoms with van der Waals surface area (Å²) in [6.07, 6.45) is 1.91. The van der Waals surface area contributed by atoms with Crippen molar-refractivity contribution in [1.29, 1.82) is 0 Å². The predicted octanol–water partition coefficient (Wildman–Crippen LogP) is 5.08. The summed E-state index contributed by atoms with van der Waals surface area (Å²) in [5.74, 6) is 0.852. The van der Waals surface area contributed by atoms with Crippen LogP contribution in [0, 0.1) is 0 Å². The highest BCUT2D eigenvalue weighted by atomic mass is 35.5. The highest BCUT2D eigenvalue weighted by Crippen LogP contribution is 2.20. The molecule has 0 amide bonds. The third-order valence-corrected chi connectivity index (χ3v) is 5.18. The molecule has 3 aromatic carbocycles. The molecule has 0 N–H and O–H groups in total. The molecule has 1 fully saturated rings. The number of hydrazone groups is 1. The number of hydrogen-bond donors (Lipinski definition) is 0. The number of piperazine rings is 1. The Morgan fingerprint density at radius 2 is 1.62 bits per heavy atom. The van der Waals surface area contributed by atoms with Crippen LogP contribution in [0.25, 0.3) is 0 Å². The van der Waals surface area contributed by atoms with Crippen molar-refractivity contribution in [3.05, 3.63) is 95.0 Å². The van der Waals surface area contributed by atoms with Gasteiger partial charge in [-0.25, -0.2) is 0 Å². The number of rotatable bonds is 6. The maximum atomic E-state index is 5.98. The molecule has 0 radical (unpaired) electrons. The van der Waals surface area contributed by atoms with Crippen molar-refractivity contribution in [2.75, 3.05) is 31.1 Å². The number of halogens is 1. The van der Waals surface area contributed by atoms with E-state index in [1.54, 1.807) is 0 Å². The van der Waals surface area contributed by atoms with Crippen molar-refractivity contribution in [2.24, 2.45) is 5.10 Å². The third-order valence-electron chi connectivity index (χ3n) is 4.92. The molecule has 0 unspecified atom stereocenters. The van der Waals surface area contributed by atoms with Crippen LogP contribution in [0.1, 0.15) is 11.1 Å². The molecule has 3 aromatic rings. The summed E-state index contributed by atoms with van der Waals surface area (Å²) in [5, 5.41) is 7.55. The second-order valence-corrected chi connectivity index (χ2v) is 7.44. The molecule has 0 atom stereocenters. The number of anilines is 1. The summed E-state index contributed by atoms with van der Waals surface area (Å²) in [6.45, 7) is 4.24. The molecule has 1 aliphatic rings. The first-order valence-corrected chi connectivity index (χ1v) is 10.2. The second-order valence-electron chi connectivity index (χ2n) is 7.01. The summed E-state index contributed by atoms with van der Waals surface area (Å²) in [6, 6.07) is 26.3. The summed E-state index contributed by atoms with van der Waals surface area (Å²) in [4.78, 5) is 2.36. The lowest BCUT2D eigenvalue weighted by atomic mass is 10.2. The van der Waals surface area contributed by atoms with E-state index in [1.165, 1.54) is 5.69 Å². The molecule has 29 heavy (non-hydrogen) atoms. The minimum Gasteiger partial charge on any atom is -0.489 e. The van der Waals surface area contributed by atoms with Crippen LogP contribution >= 0.6 is 11.6 Å². The standard InChI is InChI=1S/C24H24ClN3O/c25-22-9-11-23(12-10-22)27-13-15-28(16-14-27)26-18-21-7-4-8-24(17-21)29-19-20-5-2-1-3-6-20/h1-12,17-18H,13-16,19H2/b26-18-. The van der Waals surface area contributed by atoms with E-state index >= 15 is 0 Å². The quantitative estimate of drug-likeness (QED) is 0.535. The lowest BCUT2D eigenvalue weighted by Gasteiger charge is -2.34. The van der Waals surface area contributed by atoms with Gasteiger partial charge in [-0.1, -0.05) is 54.1 Å². The van der Waals surface area contributed by atoms with Crippen LogP contribution in [-0.2, 0) is 6.61 Å². The van der Waals surface area contributed by atoms with E-state index in [0.717, 1.165) is 48.1 Å². The van der Waals surface area contributed by atoms with Crippen LogP contribution in [0.4, 0.5) is 5.69 Å². The Bertz CT molecular complexity index is 936. The molecule has 0 aromatic heterocycles. The monoisotopic (exact) mass is 405 g/mol. The van der Waals surface area contributed by atoms with Crippen molar-refractivity contribution in [3.8, 4) is 5.75 Å². The van der Waals surface area contributed by atoms with Crippen molar-refractivity contribution in [1.82, 2.24) is 5.01 Å². The first-order chi connectivity index (χ1) is 14.3. The third kappa shape index (κ3) is 5.52. The number of ether oxygens (including phenoxy) is 1. The Kier molecular flexibility index (Phi) is 6.32. The Morgan fingerprint density at radius 3 is 2.38 bits per heavy atom. The van der Waals surface area contributed by atoms with Crippen LogP contribution in [0.2, 0.25) is 5.02 Å². The van der Waals surface area contributed by atoms with Crippen LogP contribution in [0.3, 0.4) is 0 Å². The summed E-state index contributed by atoms with van der Waals surface area (Å²) in [7, 11) is 0. The highest BCUT2D eigenvalue weighted by Gasteiger charge is 2.15. The topological polar surface area (TPSA) is 28.1 Å². The maximum Gasteiger partial charge on any atom is 0.120 e. The molecule has 148 valence electrons. The van der Waals surface area contributed by atoms with Crippen LogP contribution in [0.5, 0.6) is 5.75 Å². The van der Waals surface area contributed by atoms with Crippen molar-refractivity contribution < 1.29 is 4.74 Å². The zero-order chi connectivity index (χ0) is 19.9. The fourth-order valence-corrected chi connectivity index (χ4v) is 3.42. The van der Waals surface area contributed by atoms with Gasteiger partial charge in [0, 0.05) is 23.8 Å². The number of benzene rings is 3. The molecule has 1 heterocycles. The smallest absolute Gasteiger partial charge is 0.120 e. The molecular formula is C24H24ClN3O. The maximum absolute atomic E-state index is 5.98. The fourth-order valence-electron chi connectivity index (χ4n) is 3.30. The zero-order valence-corrected chi connectivity index (χ0v) is 17.0. The Labute approximate surface area is 177 Å². The Morgan fingerprint density at radius 1 is 0.862 bits per heavy atom. The molecule has 4 nitrogen and oxygen atoms in total.